The van der Waals surface area contributed by atoms with Gasteiger partial charge in [0.1, 0.15) is 0 Å². The SMILES string of the molecule is CC(N(C)CNN)N(c1cccc(-n2cc3c(C(F)(F)F)cccn3c2=O)c1)C1COC1. The number of pyridine rings is 1. The minimum Gasteiger partial charge on any atom is -0.377 e. The normalized spacial score (nSPS) is 15.8. The molecule has 0 aliphatic carbocycles. The zero-order chi connectivity index (χ0) is 23.0. The zero-order valence-electron chi connectivity index (χ0n) is 17.7. The number of nitrogens with one attached hydrogen (secondary N) is 1. The molecule has 8 nitrogen and oxygen atoms in total. The average molecular weight is 450 g/mol. The quantitative estimate of drug-likeness (QED) is 0.326. The molecule has 1 unspecified atom stereocenters. The van der Waals surface area contributed by atoms with Gasteiger partial charge in [0.05, 0.1) is 48.9 Å². The van der Waals surface area contributed by atoms with Gasteiger partial charge in [0.25, 0.3) is 0 Å². The number of anilines is 1. The summed E-state index contributed by atoms with van der Waals surface area (Å²) in [5, 5.41) is 0. The summed E-state index contributed by atoms with van der Waals surface area (Å²) in [6.45, 7) is 3.60. The Kier molecular flexibility index (Phi) is 5.99. The standard InChI is InChI=1S/C21H25F3N6O2/c1-14(27(2)13-26-25)30(17-11-32-12-17)16-6-3-5-15(9-16)29-10-19-18(21(22,23)24)7-4-8-28(19)20(29)31/h3-10,14,17,26H,11-13,25H2,1-2H3. The molecule has 11 heteroatoms. The number of hydrogen-bond acceptors (Lipinski definition) is 6. The lowest BCUT2D eigenvalue weighted by Crippen LogP contribution is -2.58. The van der Waals surface area contributed by atoms with Gasteiger partial charge in [0, 0.05) is 18.1 Å². The summed E-state index contributed by atoms with van der Waals surface area (Å²) in [7, 11) is 1.92. The van der Waals surface area contributed by atoms with Gasteiger partial charge >= 0.3 is 11.9 Å². The maximum Gasteiger partial charge on any atom is 0.418 e. The topological polar surface area (TPSA) is 80.2 Å². The molecular weight excluding hydrogens is 425 g/mol. The predicted octanol–water partition coefficient (Wildman–Crippen LogP) is 2.01. The van der Waals surface area contributed by atoms with Gasteiger partial charge in [-0.15, -0.1) is 0 Å². The Balaban J connectivity index is 1.78. The number of nitrogens with zero attached hydrogens (tertiary/aromatic N) is 4. The molecular formula is C21H25F3N6O2. The summed E-state index contributed by atoms with van der Waals surface area (Å²) in [5.41, 5.74) is 2.31. The highest BCUT2D eigenvalue weighted by Crippen LogP contribution is 2.32. The van der Waals surface area contributed by atoms with Crippen LogP contribution in [0.2, 0.25) is 0 Å². The van der Waals surface area contributed by atoms with Crippen molar-refractivity contribution in [2.45, 2.75) is 25.3 Å². The van der Waals surface area contributed by atoms with E-state index in [4.69, 9.17) is 10.6 Å². The minimum absolute atomic E-state index is 0.0585. The smallest absolute Gasteiger partial charge is 0.377 e. The number of fused-ring (bicyclic) bond motifs is 1. The maximum absolute atomic E-state index is 13.4. The molecule has 1 aromatic carbocycles. The lowest BCUT2D eigenvalue weighted by molar-refractivity contribution is -0.136. The monoisotopic (exact) mass is 450 g/mol. The first kappa shape index (κ1) is 22.3. The zero-order valence-corrected chi connectivity index (χ0v) is 17.7. The third-order valence-electron chi connectivity index (χ3n) is 5.80. The van der Waals surface area contributed by atoms with Crippen LogP contribution in [0.3, 0.4) is 0 Å². The Morgan fingerprint density at radius 3 is 2.66 bits per heavy atom. The molecule has 1 fully saturated rings. The second-order valence-corrected chi connectivity index (χ2v) is 7.83. The Morgan fingerprint density at radius 1 is 1.28 bits per heavy atom. The predicted molar refractivity (Wildman–Crippen MR) is 114 cm³/mol. The molecule has 1 aliphatic rings. The van der Waals surface area contributed by atoms with Crippen LogP contribution in [0, 0.1) is 0 Å². The van der Waals surface area contributed by atoms with E-state index in [-0.39, 0.29) is 17.7 Å². The van der Waals surface area contributed by atoms with E-state index in [1.54, 1.807) is 18.2 Å². The van der Waals surface area contributed by atoms with E-state index in [0.29, 0.717) is 25.6 Å². The molecule has 0 saturated carbocycles. The first-order valence-corrected chi connectivity index (χ1v) is 10.1. The van der Waals surface area contributed by atoms with Crippen molar-refractivity contribution in [2.75, 3.05) is 31.8 Å². The molecule has 1 atom stereocenters. The Labute approximate surface area is 182 Å². The van der Waals surface area contributed by atoms with Crippen LogP contribution >= 0.6 is 0 Å². The van der Waals surface area contributed by atoms with Gasteiger partial charge in [-0.1, -0.05) is 6.07 Å². The molecule has 32 heavy (non-hydrogen) atoms. The molecule has 0 radical (unpaired) electrons. The van der Waals surface area contributed by atoms with Crippen molar-refractivity contribution in [2.24, 2.45) is 5.84 Å². The van der Waals surface area contributed by atoms with Crippen molar-refractivity contribution in [3.63, 3.8) is 0 Å². The first-order chi connectivity index (χ1) is 15.2. The Bertz CT molecular complexity index is 1150. The van der Waals surface area contributed by atoms with Crippen LogP contribution in [-0.4, -0.2) is 53.0 Å². The number of aromatic nitrogens is 2. The van der Waals surface area contributed by atoms with Crippen LogP contribution in [0.4, 0.5) is 18.9 Å². The van der Waals surface area contributed by atoms with Crippen molar-refractivity contribution in [3.05, 3.63) is 64.8 Å². The lowest BCUT2D eigenvalue weighted by Gasteiger charge is -2.45. The number of rotatable bonds is 7. The van der Waals surface area contributed by atoms with Crippen molar-refractivity contribution in [1.82, 2.24) is 19.3 Å². The summed E-state index contributed by atoms with van der Waals surface area (Å²) < 4.78 is 47.9. The van der Waals surface area contributed by atoms with Gasteiger partial charge in [-0.3, -0.25) is 19.7 Å². The van der Waals surface area contributed by atoms with Crippen molar-refractivity contribution >= 4 is 11.2 Å². The molecule has 0 bridgehead atoms. The van der Waals surface area contributed by atoms with Gasteiger partial charge in [-0.25, -0.2) is 10.2 Å². The fraction of sp³-hybridized carbons (Fsp3) is 0.381. The molecule has 172 valence electrons. The van der Waals surface area contributed by atoms with E-state index < -0.39 is 17.4 Å². The van der Waals surface area contributed by atoms with E-state index in [1.807, 2.05) is 24.9 Å². The first-order valence-electron chi connectivity index (χ1n) is 10.1. The molecule has 3 N–H and O–H groups in total. The number of ether oxygens (including phenoxy) is 1. The second-order valence-electron chi connectivity index (χ2n) is 7.83. The average Bonchev–Trinajstić information content (AvgIpc) is 3.06. The number of benzene rings is 1. The molecule has 0 amide bonds. The van der Waals surface area contributed by atoms with Gasteiger partial charge in [0.2, 0.25) is 0 Å². The van der Waals surface area contributed by atoms with Gasteiger partial charge in [-0.05, 0) is 44.3 Å². The Morgan fingerprint density at radius 2 is 2.03 bits per heavy atom. The van der Waals surface area contributed by atoms with Crippen LogP contribution in [0.5, 0.6) is 0 Å². The van der Waals surface area contributed by atoms with Gasteiger partial charge < -0.3 is 9.64 Å². The van der Waals surface area contributed by atoms with Gasteiger partial charge in [0.15, 0.2) is 0 Å². The van der Waals surface area contributed by atoms with Crippen LogP contribution < -0.4 is 21.9 Å². The van der Waals surface area contributed by atoms with E-state index in [9.17, 15) is 18.0 Å². The van der Waals surface area contributed by atoms with E-state index in [0.717, 1.165) is 16.2 Å². The highest BCUT2D eigenvalue weighted by molar-refractivity contribution is 5.59. The van der Waals surface area contributed by atoms with Crippen LogP contribution in [0.25, 0.3) is 11.2 Å². The van der Waals surface area contributed by atoms with Crippen LogP contribution in [0.1, 0.15) is 12.5 Å². The fourth-order valence-corrected chi connectivity index (χ4v) is 3.95. The number of hydrazine groups is 1. The number of hydrogen-bond donors (Lipinski definition) is 2. The number of halogens is 3. The summed E-state index contributed by atoms with van der Waals surface area (Å²) in [4.78, 5) is 17.1. The Hall–Kier alpha value is -2.86. The molecule has 4 rings (SSSR count). The van der Waals surface area contributed by atoms with Crippen molar-refractivity contribution < 1.29 is 17.9 Å². The van der Waals surface area contributed by atoms with Crippen LogP contribution in [0.15, 0.2) is 53.6 Å². The third-order valence-corrected chi connectivity index (χ3v) is 5.80. The molecule has 1 saturated heterocycles. The summed E-state index contributed by atoms with van der Waals surface area (Å²) in [5.74, 6) is 5.47. The fourth-order valence-electron chi connectivity index (χ4n) is 3.95. The molecule has 2 aromatic heterocycles. The molecule has 1 aliphatic heterocycles. The lowest BCUT2D eigenvalue weighted by atomic mass is 10.1. The van der Waals surface area contributed by atoms with E-state index in [1.165, 1.54) is 23.0 Å². The number of nitrogens with two attached hydrogens (primary N) is 1. The largest absolute Gasteiger partial charge is 0.418 e. The highest BCUT2D eigenvalue weighted by atomic mass is 19.4. The molecule has 0 spiro atoms. The summed E-state index contributed by atoms with van der Waals surface area (Å²) in [6, 6.07) is 9.50. The van der Waals surface area contributed by atoms with Crippen LogP contribution in [-0.2, 0) is 10.9 Å². The summed E-state index contributed by atoms with van der Waals surface area (Å²) in [6.07, 6.45) is -2.06. The number of imidazole rings is 1. The van der Waals surface area contributed by atoms with E-state index in [2.05, 4.69) is 10.3 Å². The maximum atomic E-state index is 13.4. The van der Waals surface area contributed by atoms with E-state index >= 15 is 0 Å². The highest BCUT2D eigenvalue weighted by Gasteiger charge is 2.34. The van der Waals surface area contributed by atoms with Gasteiger partial charge in [-0.2, -0.15) is 13.2 Å². The molecule has 3 aromatic rings. The molecule has 3 heterocycles. The minimum atomic E-state index is -4.56. The van der Waals surface area contributed by atoms with Crippen molar-refractivity contribution in [1.29, 1.82) is 0 Å². The second kappa shape index (κ2) is 8.58. The summed E-state index contributed by atoms with van der Waals surface area (Å²) >= 11 is 0. The third kappa shape index (κ3) is 3.99. The van der Waals surface area contributed by atoms with Crippen molar-refractivity contribution in [3.8, 4) is 5.69 Å². The number of alkyl halides is 3.